The third-order valence-electron chi connectivity index (χ3n) is 6.57. The van der Waals surface area contributed by atoms with Crippen LogP contribution in [0.2, 0.25) is 0 Å². The summed E-state index contributed by atoms with van der Waals surface area (Å²) in [6, 6.07) is 6.27. The molecule has 8 nitrogen and oxygen atoms in total. The molecule has 2 unspecified atom stereocenters. The Morgan fingerprint density at radius 2 is 1.88 bits per heavy atom. The molecule has 2 aliphatic rings. The Bertz CT molecular complexity index is 804. The van der Waals surface area contributed by atoms with Gasteiger partial charge in [-0.2, -0.15) is 0 Å². The largest absolute Gasteiger partial charge is 0.480 e. The average Bonchev–Trinajstić information content (AvgIpc) is 3.47. The normalized spacial score (nSPS) is 21.6. The number of carbonyl (C=O) groups excluding carboxylic acids is 2. The van der Waals surface area contributed by atoms with E-state index in [-0.39, 0.29) is 30.0 Å². The van der Waals surface area contributed by atoms with Crippen LogP contribution in [0.5, 0.6) is 0 Å². The lowest BCUT2D eigenvalue weighted by Gasteiger charge is -2.32. The number of rotatable bonds is 8. The SMILES string of the molecule is CC(C)C(C)N(Cc1ccc(C(=O)N2CCC[C@@H]2C(=O)O)cc1)C(=O)NCC1CCCO1. The topological polar surface area (TPSA) is 99.2 Å². The third kappa shape index (κ3) is 5.79. The molecule has 2 N–H and O–H groups in total. The number of aliphatic carboxylic acids is 1. The fourth-order valence-corrected chi connectivity index (χ4v) is 4.25. The summed E-state index contributed by atoms with van der Waals surface area (Å²) in [6.45, 7) is 8.35. The molecule has 2 saturated heterocycles. The van der Waals surface area contributed by atoms with Gasteiger partial charge in [-0.3, -0.25) is 4.79 Å². The van der Waals surface area contributed by atoms with Crippen LogP contribution in [0.3, 0.4) is 0 Å². The highest BCUT2D eigenvalue weighted by Gasteiger charge is 2.34. The van der Waals surface area contributed by atoms with E-state index >= 15 is 0 Å². The summed E-state index contributed by atoms with van der Waals surface area (Å²) in [5.74, 6) is -0.935. The maximum atomic E-state index is 12.9. The van der Waals surface area contributed by atoms with Crippen LogP contribution in [0, 0.1) is 5.92 Å². The van der Waals surface area contributed by atoms with Crippen molar-refractivity contribution in [2.24, 2.45) is 5.92 Å². The van der Waals surface area contributed by atoms with Crippen molar-refractivity contribution in [2.75, 3.05) is 19.7 Å². The van der Waals surface area contributed by atoms with Gasteiger partial charge in [0.15, 0.2) is 0 Å². The molecule has 8 heteroatoms. The molecular formula is C24H35N3O5. The molecule has 1 aromatic carbocycles. The lowest BCUT2D eigenvalue weighted by molar-refractivity contribution is -0.141. The average molecular weight is 446 g/mol. The fourth-order valence-electron chi connectivity index (χ4n) is 4.25. The molecule has 0 saturated carbocycles. The highest BCUT2D eigenvalue weighted by molar-refractivity contribution is 5.97. The van der Waals surface area contributed by atoms with Gasteiger partial charge in [-0.25, -0.2) is 9.59 Å². The lowest BCUT2D eigenvalue weighted by Crippen LogP contribution is -2.48. The fraction of sp³-hybridized carbons (Fsp3) is 0.625. The number of benzene rings is 1. The van der Waals surface area contributed by atoms with Crippen molar-refractivity contribution in [3.63, 3.8) is 0 Å². The van der Waals surface area contributed by atoms with Crippen molar-refractivity contribution < 1.29 is 24.2 Å². The Labute approximate surface area is 189 Å². The number of carboxylic acid groups (broad SMARTS) is 1. The monoisotopic (exact) mass is 445 g/mol. The molecule has 0 radical (unpaired) electrons. The lowest BCUT2D eigenvalue weighted by atomic mass is 10.0. The first-order chi connectivity index (χ1) is 15.3. The molecule has 2 heterocycles. The van der Waals surface area contributed by atoms with Crippen LogP contribution in [0.15, 0.2) is 24.3 Å². The van der Waals surface area contributed by atoms with E-state index in [1.54, 1.807) is 12.1 Å². The van der Waals surface area contributed by atoms with Gasteiger partial charge in [-0.05, 0) is 56.2 Å². The van der Waals surface area contributed by atoms with E-state index in [9.17, 15) is 19.5 Å². The molecule has 2 aliphatic heterocycles. The summed E-state index contributed by atoms with van der Waals surface area (Å²) in [6.07, 6.45) is 3.27. The summed E-state index contributed by atoms with van der Waals surface area (Å²) in [5.41, 5.74) is 1.38. The predicted molar refractivity (Wildman–Crippen MR) is 120 cm³/mol. The standard InChI is InChI=1S/C24H35N3O5/c1-16(2)17(3)27(24(31)25-14-20-6-5-13-32-20)15-18-8-10-19(11-9-18)22(28)26-12-4-7-21(26)23(29)30/h8-11,16-17,20-21H,4-7,12-15H2,1-3H3,(H,25,31)(H,29,30)/t17?,20?,21-/m1/s1. The van der Waals surface area contributed by atoms with E-state index in [1.807, 2.05) is 24.0 Å². The number of hydrogen-bond acceptors (Lipinski definition) is 4. The second kappa shape index (κ2) is 10.8. The maximum absolute atomic E-state index is 12.9. The molecule has 2 fully saturated rings. The van der Waals surface area contributed by atoms with Crippen LogP contribution in [-0.4, -0.2) is 70.7 Å². The number of carbonyl (C=O) groups is 3. The highest BCUT2D eigenvalue weighted by Crippen LogP contribution is 2.21. The van der Waals surface area contributed by atoms with E-state index in [2.05, 4.69) is 19.2 Å². The minimum absolute atomic E-state index is 0.0294. The minimum atomic E-state index is -0.959. The van der Waals surface area contributed by atoms with Gasteiger partial charge >= 0.3 is 12.0 Å². The van der Waals surface area contributed by atoms with E-state index in [0.717, 1.165) is 25.0 Å². The van der Waals surface area contributed by atoms with Crippen molar-refractivity contribution >= 4 is 17.9 Å². The van der Waals surface area contributed by atoms with Gasteiger partial charge in [0.05, 0.1) is 6.10 Å². The predicted octanol–water partition coefficient (Wildman–Crippen LogP) is 3.11. The minimum Gasteiger partial charge on any atom is -0.480 e. The van der Waals surface area contributed by atoms with Crippen LogP contribution in [-0.2, 0) is 16.1 Å². The van der Waals surface area contributed by atoms with E-state index in [0.29, 0.717) is 38.0 Å². The summed E-state index contributed by atoms with van der Waals surface area (Å²) in [4.78, 5) is 40.4. The number of hydrogen-bond donors (Lipinski definition) is 2. The van der Waals surface area contributed by atoms with Crippen molar-refractivity contribution in [3.05, 3.63) is 35.4 Å². The Morgan fingerprint density at radius 3 is 2.47 bits per heavy atom. The first-order valence-electron chi connectivity index (χ1n) is 11.6. The molecule has 0 aromatic heterocycles. The van der Waals surface area contributed by atoms with Crippen LogP contribution in [0.1, 0.15) is 62.4 Å². The number of ether oxygens (including phenoxy) is 1. The van der Waals surface area contributed by atoms with Crippen molar-refractivity contribution in [2.45, 2.75) is 71.2 Å². The van der Waals surface area contributed by atoms with Gasteiger partial charge in [0.1, 0.15) is 6.04 Å². The number of amides is 3. The number of likely N-dealkylation sites (tertiary alicyclic amines) is 1. The first kappa shape index (κ1) is 24.0. The van der Waals surface area contributed by atoms with Crippen molar-refractivity contribution in [1.29, 1.82) is 0 Å². The molecule has 3 amide bonds. The number of nitrogens with one attached hydrogen (secondary N) is 1. The molecular weight excluding hydrogens is 410 g/mol. The van der Waals surface area contributed by atoms with Crippen molar-refractivity contribution in [3.8, 4) is 0 Å². The van der Waals surface area contributed by atoms with Crippen LogP contribution >= 0.6 is 0 Å². The Balaban J connectivity index is 1.66. The third-order valence-corrected chi connectivity index (χ3v) is 6.57. The quantitative estimate of drug-likeness (QED) is 0.641. The van der Waals surface area contributed by atoms with Crippen LogP contribution in [0.4, 0.5) is 4.79 Å². The highest BCUT2D eigenvalue weighted by atomic mass is 16.5. The van der Waals surface area contributed by atoms with Crippen molar-refractivity contribution in [1.82, 2.24) is 15.1 Å². The van der Waals surface area contributed by atoms with E-state index in [4.69, 9.17) is 4.74 Å². The van der Waals surface area contributed by atoms with Crippen LogP contribution < -0.4 is 5.32 Å². The maximum Gasteiger partial charge on any atom is 0.326 e. The molecule has 0 spiro atoms. The molecule has 32 heavy (non-hydrogen) atoms. The molecule has 3 rings (SSSR count). The van der Waals surface area contributed by atoms with Gasteiger partial charge < -0.3 is 25.0 Å². The van der Waals surface area contributed by atoms with Gasteiger partial charge in [0.25, 0.3) is 5.91 Å². The number of nitrogens with zero attached hydrogens (tertiary/aromatic N) is 2. The van der Waals surface area contributed by atoms with Gasteiger partial charge in [0, 0.05) is 37.8 Å². The zero-order valence-corrected chi connectivity index (χ0v) is 19.3. The molecule has 0 bridgehead atoms. The smallest absolute Gasteiger partial charge is 0.326 e. The van der Waals surface area contributed by atoms with E-state index < -0.39 is 12.0 Å². The second-order valence-corrected chi connectivity index (χ2v) is 9.13. The summed E-state index contributed by atoms with van der Waals surface area (Å²) in [7, 11) is 0. The Hall–Kier alpha value is -2.61. The summed E-state index contributed by atoms with van der Waals surface area (Å²) in [5, 5.41) is 12.3. The first-order valence-corrected chi connectivity index (χ1v) is 11.6. The molecule has 1 aromatic rings. The Morgan fingerprint density at radius 1 is 1.16 bits per heavy atom. The summed E-state index contributed by atoms with van der Waals surface area (Å²) >= 11 is 0. The molecule has 176 valence electrons. The van der Waals surface area contributed by atoms with Crippen LogP contribution in [0.25, 0.3) is 0 Å². The zero-order chi connectivity index (χ0) is 23.3. The molecule has 0 aliphatic carbocycles. The number of urea groups is 1. The summed E-state index contributed by atoms with van der Waals surface area (Å²) < 4.78 is 5.60. The second-order valence-electron chi connectivity index (χ2n) is 9.13. The zero-order valence-electron chi connectivity index (χ0n) is 19.3. The Kier molecular flexibility index (Phi) is 8.12. The van der Waals surface area contributed by atoms with Gasteiger partial charge in [0.2, 0.25) is 0 Å². The van der Waals surface area contributed by atoms with Gasteiger partial charge in [-0.1, -0.05) is 26.0 Å². The van der Waals surface area contributed by atoms with Gasteiger partial charge in [-0.15, -0.1) is 0 Å². The molecule has 3 atom stereocenters. The van der Waals surface area contributed by atoms with E-state index in [1.165, 1.54) is 4.90 Å². The number of carboxylic acids is 1.